The van der Waals surface area contributed by atoms with E-state index >= 15 is 0 Å². The van der Waals surface area contributed by atoms with E-state index in [-0.39, 0.29) is 16.7 Å². The second kappa shape index (κ2) is 5.39. The number of H-pyrrole nitrogens is 1. The van der Waals surface area contributed by atoms with Gasteiger partial charge in [-0.05, 0) is 37.1 Å². The number of nitrogens with one attached hydrogen (secondary N) is 1. The van der Waals surface area contributed by atoms with Crippen molar-refractivity contribution in [2.45, 2.75) is 13.8 Å². The van der Waals surface area contributed by atoms with Crippen LogP contribution in [0.3, 0.4) is 0 Å². The predicted octanol–water partition coefficient (Wildman–Crippen LogP) is 3.72. The summed E-state index contributed by atoms with van der Waals surface area (Å²) in [4.78, 5) is 18.5. The molecule has 0 saturated carbocycles. The molecule has 1 aliphatic carbocycles. The largest absolute Gasteiger partial charge is 0.506 e. The summed E-state index contributed by atoms with van der Waals surface area (Å²) < 4.78 is 0. The number of phenolic OH excluding ortho intramolecular Hbond substituents is 1. The third kappa shape index (κ3) is 2.63. The summed E-state index contributed by atoms with van der Waals surface area (Å²) in [6.07, 6.45) is 11.3. The van der Waals surface area contributed by atoms with E-state index in [0.29, 0.717) is 10.9 Å². The summed E-state index contributed by atoms with van der Waals surface area (Å²) in [5, 5.41) is 10.5. The zero-order valence-corrected chi connectivity index (χ0v) is 13.1. The highest BCUT2D eigenvalue weighted by Gasteiger charge is 2.19. The Morgan fingerprint density at radius 1 is 1.35 bits per heavy atom. The van der Waals surface area contributed by atoms with Gasteiger partial charge in [0.25, 0.3) is 5.56 Å². The number of aromatic nitrogens is 2. The van der Waals surface area contributed by atoms with Gasteiger partial charge in [0.15, 0.2) is 0 Å². The lowest BCUT2D eigenvalue weighted by molar-refractivity contribution is 0.480. The minimum absolute atomic E-state index is 0.00575. The Labute approximate surface area is 134 Å². The maximum absolute atomic E-state index is 12.0. The van der Waals surface area contributed by atoms with Gasteiger partial charge in [0.2, 0.25) is 0 Å². The van der Waals surface area contributed by atoms with Gasteiger partial charge in [-0.3, -0.25) is 4.79 Å². The third-order valence-electron chi connectivity index (χ3n) is 4.30. The van der Waals surface area contributed by atoms with Crippen molar-refractivity contribution in [3.05, 3.63) is 76.9 Å². The molecule has 0 radical (unpaired) electrons. The van der Waals surface area contributed by atoms with E-state index in [9.17, 15) is 9.90 Å². The van der Waals surface area contributed by atoms with Crippen molar-refractivity contribution in [1.82, 2.24) is 9.97 Å². The molecule has 1 heterocycles. The molecule has 116 valence electrons. The van der Waals surface area contributed by atoms with Gasteiger partial charge < -0.3 is 10.1 Å². The van der Waals surface area contributed by atoms with Crippen LogP contribution in [0.25, 0.3) is 16.5 Å². The molecule has 0 amide bonds. The zero-order chi connectivity index (χ0) is 16.6. The minimum Gasteiger partial charge on any atom is -0.506 e. The fraction of sp³-hybridized carbons (Fsp3) is 0.158. The highest BCUT2D eigenvalue weighted by atomic mass is 16.3. The van der Waals surface area contributed by atoms with Crippen LogP contribution in [-0.2, 0) is 0 Å². The quantitative estimate of drug-likeness (QED) is 0.831. The fourth-order valence-electron chi connectivity index (χ4n) is 2.53. The fourth-order valence-corrected chi connectivity index (χ4v) is 2.53. The molecule has 2 N–H and O–H groups in total. The number of fused-ring (bicyclic) bond motifs is 1. The summed E-state index contributed by atoms with van der Waals surface area (Å²) in [7, 11) is 0. The van der Waals surface area contributed by atoms with Crippen LogP contribution in [0.2, 0.25) is 0 Å². The van der Waals surface area contributed by atoms with Crippen molar-refractivity contribution in [2.75, 3.05) is 0 Å². The summed E-state index contributed by atoms with van der Waals surface area (Å²) in [5.41, 5.74) is 2.54. The van der Waals surface area contributed by atoms with Crippen molar-refractivity contribution in [2.24, 2.45) is 5.41 Å². The smallest absolute Gasteiger partial charge is 0.258 e. The van der Waals surface area contributed by atoms with Crippen molar-refractivity contribution >= 4 is 16.5 Å². The summed E-state index contributed by atoms with van der Waals surface area (Å²) in [6, 6.07) is 3.37. The third-order valence-corrected chi connectivity index (χ3v) is 4.30. The zero-order valence-electron chi connectivity index (χ0n) is 13.1. The Morgan fingerprint density at radius 3 is 2.87 bits per heavy atom. The number of hydrogen-bond donors (Lipinski definition) is 2. The molecule has 0 fully saturated rings. The van der Waals surface area contributed by atoms with Crippen LogP contribution in [0, 0.1) is 5.41 Å². The molecule has 4 nitrogen and oxygen atoms in total. The van der Waals surface area contributed by atoms with Gasteiger partial charge >= 0.3 is 0 Å². The first-order chi connectivity index (χ1) is 10.9. The molecule has 1 aromatic heterocycles. The summed E-state index contributed by atoms with van der Waals surface area (Å²) in [5.74, 6) is -0.00575. The average Bonchev–Trinajstić information content (AvgIpc) is 2.71. The van der Waals surface area contributed by atoms with E-state index in [1.54, 1.807) is 12.1 Å². The lowest BCUT2D eigenvalue weighted by Gasteiger charge is -2.21. The SMILES string of the molecule is C=C(C)C1(C)C=CC=C(c2cc(O)c3nc[nH]c(=O)c3c2)C=C1. The molecule has 2 aromatic rings. The standard InChI is InChI=1S/C19H18N2O2/c1-12(2)19(3)7-4-5-13(6-8-19)14-9-15-17(16(22)10-14)20-11-21-18(15)23/h4-11,22H,1H2,2-3H3,(H,20,21,23). The number of phenols is 1. The number of aromatic hydroxyl groups is 1. The van der Waals surface area contributed by atoms with E-state index < -0.39 is 0 Å². The first-order valence-electron chi connectivity index (χ1n) is 7.36. The lowest BCUT2D eigenvalue weighted by Crippen LogP contribution is -2.09. The molecular weight excluding hydrogens is 288 g/mol. The van der Waals surface area contributed by atoms with Gasteiger partial charge in [-0.2, -0.15) is 0 Å². The van der Waals surface area contributed by atoms with Gasteiger partial charge in [0, 0.05) is 5.41 Å². The number of benzene rings is 1. The highest BCUT2D eigenvalue weighted by molar-refractivity contribution is 5.89. The predicted molar refractivity (Wildman–Crippen MR) is 93.2 cm³/mol. The number of hydrogen-bond acceptors (Lipinski definition) is 3. The Kier molecular flexibility index (Phi) is 3.52. The molecule has 1 aliphatic rings. The normalized spacial score (nSPS) is 20.3. The first kappa shape index (κ1) is 15.0. The van der Waals surface area contributed by atoms with Crippen molar-refractivity contribution in [3.63, 3.8) is 0 Å². The van der Waals surface area contributed by atoms with Gasteiger partial charge in [-0.25, -0.2) is 4.98 Å². The molecule has 0 bridgehead atoms. The lowest BCUT2D eigenvalue weighted by atomic mass is 9.83. The Hall–Kier alpha value is -2.88. The van der Waals surface area contributed by atoms with Crippen molar-refractivity contribution < 1.29 is 5.11 Å². The van der Waals surface area contributed by atoms with Crippen LogP contribution in [-0.4, -0.2) is 15.1 Å². The number of allylic oxidation sites excluding steroid dienone is 7. The Bertz CT molecular complexity index is 947. The molecule has 0 aliphatic heterocycles. The van der Waals surface area contributed by atoms with Gasteiger partial charge in [0.05, 0.1) is 11.7 Å². The number of aromatic amines is 1. The summed E-state index contributed by atoms with van der Waals surface area (Å²) in [6.45, 7) is 8.12. The highest BCUT2D eigenvalue weighted by Crippen LogP contribution is 2.34. The molecule has 0 spiro atoms. The van der Waals surface area contributed by atoms with Gasteiger partial charge in [-0.15, -0.1) is 0 Å². The number of rotatable bonds is 2. The van der Waals surface area contributed by atoms with Crippen LogP contribution < -0.4 is 5.56 Å². The number of nitrogens with zero attached hydrogens (tertiary/aromatic N) is 1. The monoisotopic (exact) mass is 306 g/mol. The van der Waals surface area contributed by atoms with Gasteiger partial charge in [0.1, 0.15) is 11.3 Å². The topological polar surface area (TPSA) is 66.0 Å². The van der Waals surface area contributed by atoms with E-state index in [1.165, 1.54) is 6.33 Å². The summed E-state index contributed by atoms with van der Waals surface area (Å²) >= 11 is 0. The first-order valence-corrected chi connectivity index (χ1v) is 7.36. The molecule has 1 aromatic carbocycles. The molecule has 4 heteroatoms. The van der Waals surface area contributed by atoms with E-state index in [0.717, 1.165) is 16.7 Å². The maximum atomic E-state index is 12.0. The minimum atomic E-state index is -0.271. The van der Waals surface area contributed by atoms with Gasteiger partial charge in [-0.1, -0.05) is 42.5 Å². The van der Waals surface area contributed by atoms with Crippen LogP contribution in [0.1, 0.15) is 19.4 Å². The molecule has 0 saturated heterocycles. The molecule has 1 atom stereocenters. The Balaban J connectivity index is 2.13. The average molecular weight is 306 g/mol. The molecule has 1 unspecified atom stereocenters. The molecular formula is C19H18N2O2. The van der Waals surface area contributed by atoms with Crippen molar-refractivity contribution in [3.8, 4) is 5.75 Å². The second-order valence-corrected chi connectivity index (χ2v) is 6.00. The van der Waals surface area contributed by atoms with Crippen LogP contribution in [0.5, 0.6) is 5.75 Å². The van der Waals surface area contributed by atoms with Crippen LogP contribution in [0.4, 0.5) is 0 Å². The Morgan fingerprint density at radius 2 is 2.13 bits per heavy atom. The van der Waals surface area contributed by atoms with Crippen molar-refractivity contribution in [1.29, 1.82) is 0 Å². The van der Waals surface area contributed by atoms with E-state index in [2.05, 4.69) is 35.6 Å². The second-order valence-electron chi connectivity index (χ2n) is 6.00. The van der Waals surface area contributed by atoms with Crippen LogP contribution >= 0.6 is 0 Å². The maximum Gasteiger partial charge on any atom is 0.258 e. The molecule has 23 heavy (non-hydrogen) atoms. The van der Waals surface area contributed by atoms with E-state index in [4.69, 9.17) is 0 Å². The van der Waals surface area contributed by atoms with Crippen LogP contribution in [0.15, 0.2) is 65.8 Å². The molecule has 3 rings (SSSR count). The van der Waals surface area contributed by atoms with E-state index in [1.807, 2.05) is 25.2 Å².